The number of anilines is 1. The summed E-state index contributed by atoms with van der Waals surface area (Å²) in [5.41, 5.74) is 1.76. The van der Waals surface area contributed by atoms with Crippen molar-refractivity contribution < 1.29 is 24.4 Å². The van der Waals surface area contributed by atoms with E-state index in [2.05, 4.69) is 0 Å². The van der Waals surface area contributed by atoms with E-state index in [9.17, 15) is 19.8 Å². The number of carbonyl (C=O) groups excluding carboxylic acids is 1. The van der Waals surface area contributed by atoms with Crippen LogP contribution in [0.3, 0.4) is 0 Å². The number of hydrogen-bond donors (Lipinski definition) is 1. The molecular formula is C25H20N2O4S2. The normalized spacial score (nSPS) is 14.9. The van der Waals surface area contributed by atoms with Crippen LogP contribution in [-0.2, 0) is 16.1 Å². The molecule has 1 N–H and O–H groups in total. The fourth-order valence-corrected chi connectivity index (χ4v) is 5.56. The van der Waals surface area contributed by atoms with Gasteiger partial charge in [0.15, 0.2) is 6.54 Å². The van der Waals surface area contributed by atoms with Gasteiger partial charge in [0.1, 0.15) is 17.2 Å². The van der Waals surface area contributed by atoms with Crippen molar-refractivity contribution in [2.75, 3.05) is 11.4 Å². The maximum Gasteiger partial charge on any atom is 0.323 e. The summed E-state index contributed by atoms with van der Waals surface area (Å²) in [6, 6.07) is 15.4. The first-order chi connectivity index (χ1) is 16.0. The summed E-state index contributed by atoms with van der Waals surface area (Å²) < 4.78 is 2.74. The zero-order valence-electron chi connectivity index (χ0n) is 17.5. The number of carboxylic acids is 2. The second kappa shape index (κ2) is 10.3. The zero-order valence-corrected chi connectivity index (χ0v) is 19.1. The summed E-state index contributed by atoms with van der Waals surface area (Å²) in [4.78, 5) is 25.2. The monoisotopic (exact) mass is 476 g/mol. The fourth-order valence-electron chi connectivity index (χ4n) is 3.41. The average molecular weight is 477 g/mol. The molecule has 3 aromatic rings. The number of thioether (sulfide) groups is 1. The van der Waals surface area contributed by atoms with E-state index in [0.29, 0.717) is 0 Å². The van der Waals surface area contributed by atoms with Gasteiger partial charge in [-0.3, -0.25) is 4.79 Å². The van der Waals surface area contributed by atoms with E-state index >= 15 is 0 Å². The Labute approximate surface area is 199 Å². The molecule has 8 heteroatoms. The highest BCUT2D eigenvalue weighted by Gasteiger charge is 2.25. The van der Waals surface area contributed by atoms with Crippen molar-refractivity contribution in [2.24, 2.45) is 0 Å². The van der Waals surface area contributed by atoms with Gasteiger partial charge in [-0.05, 0) is 24.3 Å². The van der Waals surface area contributed by atoms with Gasteiger partial charge in [0, 0.05) is 17.0 Å². The molecule has 2 heterocycles. The minimum Gasteiger partial charge on any atom is -0.544 e. The van der Waals surface area contributed by atoms with Gasteiger partial charge in [0.2, 0.25) is 5.52 Å². The average Bonchev–Trinajstić information content (AvgIpc) is 3.30. The van der Waals surface area contributed by atoms with Gasteiger partial charge in [-0.2, -0.15) is 4.57 Å². The summed E-state index contributed by atoms with van der Waals surface area (Å²) in [6.07, 6.45) is 13.1. The molecule has 0 bridgehead atoms. The lowest BCUT2D eigenvalue weighted by Crippen LogP contribution is -2.44. The summed E-state index contributed by atoms with van der Waals surface area (Å²) in [5, 5.41) is 22.1. The number of carboxylic acid groups (broad SMARTS) is 2. The van der Waals surface area contributed by atoms with E-state index in [1.54, 1.807) is 21.2 Å². The number of aliphatic carboxylic acids is 2. The lowest BCUT2D eigenvalue weighted by molar-refractivity contribution is -0.663. The van der Waals surface area contributed by atoms with Crippen molar-refractivity contribution in [3.05, 3.63) is 95.0 Å². The second-order valence-corrected chi connectivity index (χ2v) is 9.17. The molecule has 0 unspecified atom stereocenters. The van der Waals surface area contributed by atoms with Crippen LogP contribution in [0.25, 0.3) is 16.3 Å². The number of benzene rings is 2. The fraction of sp³-hybridized carbons (Fsp3) is 0.0800. The quantitative estimate of drug-likeness (QED) is 0.395. The Morgan fingerprint density at radius 2 is 1.73 bits per heavy atom. The Morgan fingerprint density at radius 3 is 2.55 bits per heavy atom. The van der Waals surface area contributed by atoms with E-state index in [1.807, 2.05) is 91.1 Å². The van der Waals surface area contributed by atoms with Crippen molar-refractivity contribution in [2.45, 2.75) is 11.4 Å². The van der Waals surface area contributed by atoms with Gasteiger partial charge in [-0.25, -0.2) is 0 Å². The molecule has 0 radical (unpaired) electrons. The first-order valence-corrected chi connectivity index (χ1v) is 11.8. The second-order valence-electron chi connectivity index (χ2n) is 7.05. The number of aromatic nitrogens is 1. The molecule has 6 nitrogen and oxygen atoms in total. The number of thiazole rings is 1. The smallest absolute Gasteiger partial charge is 0.323 e. The maximum atomic E-state index is 11.3. The van der Waals surface area contributed by atoms with Gasteiger partial charge < -0.3 is 19.9 Å². The molecule has 33 heavy (non-hydrogen) atoms. The number of rotatable bonds is 8. The van der Waals surface area contributed by atoms with Crippen molar-refractivity contribution in [1.82, 2.24) is 0 Å². The summed E-state index contributed by atoms with van der Waals surface area (Å²) >= 11 is 3.06. The van der Waals surface area contributed by atoms with E-state index in [-0.39, 0.29) is 13.1 Å². The van der Waals surface area contributed by atoms with Gasteiger partial charge in [0.25, 0.3) is 5.01 Å². The Kier molecular flexibility index (Phi) is 7.07. The minimum absolute atomic E-state index is 0.0940. The summed E-state index contributed by atoms with van der Waals surface area (Å²) in [5.74, 6) is -2.02. The summed E-state index contributed by atoms with van der Waals surface area (Å²) in [6.45, 7) is -0.295. The molecule has 0 aliphatic carbocycles. The van der Waals surface area contributed by atoms with Crippen molar-refractivity contribution >= 4 is 57.0 Å². The molecule has 0 atom stereocenters. The first kappa shape index (κ1) is 22.6. The molecule has 1 aliphatic heterocycles. The Hall–Kier alpha value is -3.62. The lowest BCUT2D eigenvalue weighted by atomic mass is 10.3. The molecule has 0 fully saturated rings. The van der Waals surface area contributed by atoms with Crippen LogP contribution < -0.4 is 14.6 Å². The van der Waals surface area contributed by atoms with E-state index in [4.69, 9.17) is 0 Å². The highest BCUT2D eigenvalue weighted by molar-refractivity contribution is 8.03. The van der Waals surface area contributed by atoms with Crippen LogP contribution >= 0.6 is 23.1 Å². The van der Waals surface area contributed by atoms with Crippen molar-refractivity contribution in [3.63, 3.8) is 0 Å². The van der Waals surface area contributed by atoms with Crippen LogP contribution in [0.1, 0.15) is 5.01 Å². The van der Waals surface area contributed by atoms with E-state index in [0.717, 1.165) is 30.8 Å². The zero-order chi connectivity index (χ0) is 23.2. The third-order valence-corrected chi connectivity index (χ3v) is 7.04. The van der Waals surface area contributed by atoms with Crippen LogP contribution in [0, 0.1) is 0 Å². The molecule has 2 aromatic carbocycles. The van der Waals surface area contributed by atoms with Crippen molar-refractivity contribution in [3.8, 4) is 0 Å². The number of para-hydroxylation sites is 2. The third kappa shape index (κ3) is 5.42. The van der Waals surface area contributed by atoms with Crippen LogP contribution in [0.4, 0.5) is 5.69 Å². The van der Waals surface area contributed by atoms with Gasteiger partial charge >= 0.3 is 5.97 Å². The van der Waals surface area contributed by atoms with Crippen LogP contribution in [0.5, 0.6) is 0 Å². The number of fused-ring (bicyclic) bond motifs is 2. The Bertz CT molecular complexity index is 1320. The molecule has 166 valence electrons. The number of nitrogens with zero attached hydrogens (tertiary/aromatic N) is 2. The number of allylic oxidation sites excluding steroid dienone is 6. The predicted octanol–water partition coefficient (Wildman–Crippen LogP) is 3.60. The van der Waals surface area contributed by atoms with Crippen LogP contribution in [-0.4, -0.2) is 23.6 Å². The number of carbonyl (C=O) groups is 2. The number of hydrogen-bond acceptors (Lipinski definition) is 6. The largest absolute Gasteiger partial charge is 0.544 e. The first-order valence-electron chi connectivity index (χ1n) is 10.1. The standard InChI is InChI=1S/C25H20N2O4S2/c28-24(29)16-26-18-10-6-8-12-20(18)32-22(26)14-4-2-1-3-5-15-23-27(17-25(30)31)19-11-7-9-13-21(19)33-23/h1-15H,16-17H2,(H-,28,29,30,31). The maximum absolute atomic E-state index is 11.3. The molecule has 0 spiro atoms. The Morgan fingerprint density at radius 1 is 1.00 bits per heavy atom. The molecule has 1 aliphatic rings. The Balaban J connectivity index is 1.45. The van der Waals surface area contributed by atoms with Gasteiger partial charge in [0.05, 0.1) is 10.7 Å². The molecule has 1 aromatic heterocycles. The van der Waals surface area contributed by atoms with E-state index < -0.39 is 11.9 Å². The summed E-state index contributed by atoms with van der Waals surface area (Å²) in [7, 11) is 0. The highest BCUT2D eigenvalue weighted by Crippen LogP contribution is 2.45. The molecule has 0 amide bonds. The SMILES string of the molecule is O=C([O-])C[n+]1c(/C=C/C=C/C=C/C=C2/Sc3ccccc3N2CC(=O)O)sc2ccccc21. The molecular weight excluding hydrogens is 456 g/mol. The van der Waals surface area contributed by atoms with Gasteiger partial charge in [-0.1, -0.05) is 77.7 Å². The van der Waals surface area contributed by atoms with Crippen molar-refractivity contribution in [1.29, 1.82) is 0 Å². The lowest BCUT2D eigenvalue weighted by Gasteiger charge is -2.17. The predicted molar refractivity (Wildman–Crippen MR) is 130 cm³/mol. The molecule has 4 rings (SSSR count). The third-order valence-electron chi connectivity index (χ3n) is 4.78. The van der Waals surface area contributed by atoms with Crippen LogP contribution in [0.15, 0.2) is 94.9 Å². The molecule has 0 saturated heterocycles. The van der Waals surface area contributed by atoms with E-state index in [1.165, 1.54) is 11.3 Å². The highest BCUT2D eigenvalue weighted by atomic mass is 32.2. The van der Waals surface area contributed by atoms with Gasteiger partial charge in [-0.15, -0.1) is 0 Å². The topological polar surface area (TPSA) is 84.5 Å². The van der Waals surface area contributed by atoms with Crippen LogP contribution in [0.2, 0.25) is 0 Å². The minimum atomic E-state index is -1.13. The molecule has 0 saturated carbocycles.